The standard InChI is InChI=1S/C9H8O3.C2H5NO2/c10-6-7-1-2-8-9(5-7)12-4-3-11-8;3-1-2(4)5/h1-2,5-6H,3-4H2;1,3H2,(H,4,5). The van der Waals surface area contributed by atoms with Gasteiger partial charge in [0.2, 0.25) is 0 Å². The highest BCUT2D eigenvalue weighted by Crippen LogP contribution is 2.29. The summed E-state index contributed by atoms with van der Waals surface area (Å²) in [6.07, 6.45) is 0.790. The molecule has 0 aromatic heterocycles. The number of hydrogen-bond donors (Lipinski definition) is 2. The first-order chi connectivity index (χ1) is 8.17. The molecule has 0 unspecified atom stereocenters. The Kier molecular flexibility index (Phi) is 4.96. The summed E-state index contributed by atoms with van der Waals surface area (Å²) in [6, 6.07) is 5.14. The molecule has 0 radical (unpaired) electrons. The van der Waals surface area contributed by atoms with Gasteiger partial charge in [0.15, 0.2) is 11.5 Å². The molecule has 0 saturated carbocycles. The molecule has 1 aromatic rings. The maximum atomic E-state index is 10.4. The first kappa shape index (κ1) is 13.0. The Morgan fingerprint density at radius 3 is 2.47 bits per heavy atom. The van der Waals surface area contributed by atoms with Gasteiger partial charge >= 0.3 is 5.97 Å². The number of carbonyl (C=O) groups is 2. The van der Waals surface area contributed by atoms with E-state index in [0.29, 0.717) is 30.3 Å². The van der Waals surface area contributed by atoms with Crippen LogP contribution in [0.2, 0.25) is 0 Å². The highest BCUT2D eigenvalue weighted by Gasteiger charge is 2.10. The Bertz CT molecular complexity index is 405. The molecule has 0 amide bonds. The molecule has 1 aliphatic rings. The smallest absolute Gasteiger partial charge is 0.317 e. The zero-order valence-electron chi connectivity index (χ0n) is 9.09. The van der Waals surface area contributed by atoms with Crippen LogP contribution in [0, 0.1) is 0 Å². The van der Waals surface area contributed by atoms with Crippen molar-refractivity contribution in [1.29, 1.82) is 0 Å². The van der Waals surface area contributed by atoms with Crippen molar-refractivity contribution in [3.63, 3.8) is 0 Å². The van der Waals surface area contributed by atoms with E-state index >= 15 is 0 Å². The Balaban J connectivity index is 0.000000249. The summed E-state index contributed by atoms with van der Waals surface area (Å²) in [5, 5.41) is 7.60. The first-order valence-electron chi connectivity index (χ1n) is 4.94. The predicted molar refractivity (Wildman–Crippen MR) is 59.5 cm³/mol. The molecule has 0 aliphatic carbocycles. The fourth-order valence-electron chi connectivity index (χ4n) is 1.13. The first-order valence-corrected chi connectivity index (χ1v) is 4.94. The van der Waals surface area contributed by atoms with Crippen molar-refractivity contribution in [2.45, 2.75) is 0 Å². The van der Waals surface area contributed by atoms with Crippen LogP contribution < -0.4 is 15.2 Å². The van der Waals surface area contributed by atoms with Gasteiger partial charge in [-0.15, -0.1) is 0 Å². The van der Waals surface area contributed by atoms with Crippen molar-refractivity contribution in [3.8, 4) is 11.5 Å². The summed E-state index contributed by atoms with van der Waals surface area (Å²) in [5.74, 6) is 0.405. The molecular weight excluding hydrogens is 226 g/mol. The largest absolute Gasteiger partial charge is 0.486 e. The molecule has 17 heavy (non-hydrogen) atoms. The van der Waals surface area contributed by atoms with Crippen molar-refractivity contribution < 1.29 is 24.2 Å². The Labute approximate surface area is 97.9 Å². The number of aliphatic carboxylic acids is 1. The van der Waals surface area contributed by atoms with Gasteiger partial charge in [0, 0.05) is 5.56 Å². The number of ether oxygens (including phenoxy) is 2. The molecule has 92 valence electrons. The summed E-state index contributed by atoms with van der Waals surface area (Å²) in [4.78, 5) is 19.6. The number of carboxylic acid groups (broad SMARTS) is 1. The number of carbonyl (C=O) groups excluding carboxylic acids is 1. The molecule has 3 N–H and O–H groups in total. The van der Waals surface area contributed by atoms with Crippen LogP contribution in [0.1, 0.15) is 10.4 Å². The molecule has 0 saturated heterocycles. The predicted octanol–water partition coefficient (Wildman–Crippen LogP) is 0.300. The number of hydrogen-bond acceptors (Lipinski definition) is 5. The van der Waals surface area contributed by atoms with Gasteiger partial charge in [-0.3, -0.25) is 9.59 Å². The van der Waals surface area contributed by atoms with E-state index in [1.807, 2.05) is 0 Å². The quantitative estimate of drug-likeness (QED) is 0.720. The molecule has 6 heteroatoms. The Hall–Kier alpha value is -2.08. The van der Waals surface area contributed by atoms with Crippen LogP contribution in [0.3, 0.4) is 0 Å². The maximum absolute atomic E-state index is 10.4. The fourth-order valence-corrected chi connectivity index (χ4v) is 1.13. The third-order valence-corrected chi connectivity index (χ3v) is 1.88. The molecule has 0 fully saturated rings. The molecule has 0 spiro atoms. The van der Waals surface area contributed by atoms with E-state index in [4.69, 9.17) is 14.6 Å². The lowest BCUT2D eigenvalue weighted by Gasteiger charge is -2.17. The van der Waals surface area contributed by atoms with Gasteiger partial charge in [-0.1, -0.05) is 0 Å². The van der Waals surface area contributed by atoms with E-state index in [1.54, 1.807) is 18.2 Å². The van der Waals surface area contributed by atoms with Crippen LogP contribution in [-0.4, -0.2) is 37.1 Å². The van der Waals surface area contributed by atoms with Gasteiger partial charge in [0.25, 0.3) is 0 Å². The highest BCUT2D eigenvalue weighted by atomic mass is 16.6. The minimum atomic E-state index is -0.968. The maximum Gasteiger partial charge on any atom is 0.317 e. The molecule has 2 rings (SSSR count). The number of aldehydes is 1. The van der Waals surface area contributed by atoms with Gasteiger partial charge in [-0.05, 0) is 18.2 Å². The monoisotopic (exact) mass is 239 g/mol. The third kappa shape index (κ3) is 4.12. The Morgan fingerprint density at radius 2 is 1.94 bits per heavy atom. The number of carboxylic acids is 1. The number of rotatable bonds is 2. The lowest BCUT2D eigenvalue weighted by molar-refractivity contribution is -0.135. The average molecular weight is 239 g/mol. The van der Waals surface area contributed by atoms with Crippen molar-refractivity contribution in [2.24, 2.45) is 5.73 Å². The van der Waals surface area contributed by atoms with Crippen molar-refractivity contribution in [1.82, 2.24) is 0 Å². The molecule has 1 aliphatic heterocycles. The summed E-state index contributed by atoms with van der Waals surface area (Å²) in [6.45, 7) is 0.850. The molecule has 0 atom stereocenters. The summed E-state index contributed by atoms with van der Waals surface area (Å²) in [5.41, 5.74) is 5.18. The average Bonchev–Trinajstić information content (AvgIpc) is 2.38. The van der Waals surface area contributed by atoms with E-state index in [2.05, 4.69) is 5.73 Å². The van der Waals surface area contributed by atoms with E-state index in [0.717, 1.165) is 6.29 Å². The fraction of sp³-hybridized carbons (Fsp3) is 0.273. The normalized spacial score (nSPS) is 12.1. The van der Waals surface area contributed by atoms with Gasteiger partial charge in [0.05, 0.1) is 6.54 Å². The molecule has 1 heterocycles. The Morgan fingerprint density at radius 1 is 1.35 bits per heavy atom. The summed E-state index contributed by atoms with van der Waals surface area (Å²) >= 11 is 0. The van der Waals surface area contributed by atoms with Crippen LogP contribution >= 0.6 is 0 Å². The minimum absolute atomic E-state index is 0.278. The third-order valence-electron chi connectivity index (χ3n) is 1.88. The second-order valence-electron chi connectivity index (χ2n) is 3.12. The van der Waals surface area contributed by atoms with Crippen LogP contribution in [0.4, 0.5) is 0 Å². The van der Waals surface area contributed by atoms with E-state index < -0.39 is 5.97 Å². The second-order valence-corrected chi connectivity index (χ2v) is 3.12. The molecule has 1 aromatic carbocycles. The van der Waals surface area contributed by atoms with Crippen molar-refractivity contribution in [2.75, 3.05) is 19.8 Å². The van der Waals surface area contributed by atoms with Crippen LogP contribution in [0.25, 0.3) is 0 Å². The summed E-state index contributed by atoms with van der Waals surface area (Å²) < 4.78 is 10.6. The number of nitrogens with two attached hydrogens (primary N) is 1. The molecule has 6 nitrogen and oxygen atoms in total. The lowest BCUT2D eigenvalue weighted by Crippen LogP contribution is -2.15. The van der Waals surface area contributed by atoms with Crippen LogP contribution in [0.15, 0.2) is 18.2 Å². The zero-order valence-corrected chi connectivity index (χ0v) is 9.09. The van der Waals surface area contributed by atoms with Crippen molar-refractivity contribution >= 4 is 12.3 Å². The van der Waals surface area contributed by atoms with Crippen molar-refractivity contribution in [3.05, 3.63) is 23.8 Å². The van der Waals surface area contributed by atoms with Gasteiger partial charge in [-0.25, -0.2) is 0 Å². The SMILES string of the molecule is NCC(=O)O.O=Cc1ccc2c(c1)OCCO2. The van der Waals surface area contributed by atoms with Crippen LogP contribution in [0.5, 0.6) is 11.5 Å². The van der Waals surface area contributed by atoms with E-state index in [-0.39, 0.29) is 6.54 Å². The van der Waals surface area contributed by atoms with Crippen LogP contribution in [-0.2, 0) is 4.79 Å². The molecule has 0 bridgehead atoms. The van der Waals surface area contributed by atoms with Gasteiger partial charge in [-0.2, -0.15) is 0 Å². The molecular formula is C11H13NO5. The lowest BCUT2D eigenvalue weighted by atomic mass is 10.2. The minimum Gasteiger partial charge on any atom is -0.486 e. The zero-order chi connectivity index (χ0) is 12.7. The van der Waals surface area contributed by atoms with E-state index in [9.17, 15) is 9.59 Å². The number of fused-ring (bicyclic) bond motifs is 1. The highest BCUT2D eigenvalue weighted by molar-refractivity contribution is 5.76. The summed E-state index contributed by atoms with van der Waals surface area (Å²) in [7, 11) is 0. The second kappa shape index (κ2) is 6.49. The topological polar surface area (TPSA) is 98.9 Å². The van der Waals surface area contributed by atoms with Gasteiger partial charge < -0.3 is 20.3 Å². The number of benzene rings is 1. The van der Waals surface area contributed by atoms with E-state index in [1.165, 1.54) is 0 Å². The van der Waals surface area contributed by atoms with Gasteiger partial charge in [0.1, 0.15) is 19.5 Å².